The van der Waals surface area contributed by atoms with Crippen LogP contribution in [-0.2, 0) is 9.53 Å². The van der Waals surface area contributed by atoms with Gasteiger partial charge >= 0.3 is 5.97 Å². The average molecular weight is 255 g/mol. The molecule has 1 unspecified atom stereocenters. The fourth-order valence-electron chi connectivity index (χ4n) is 3.30. The molecule has 0 amide bonds. The molecule has 0 radical (unpaired) electrons. The molecule has 0 aromatic rings. The molecule has 2 rings (SSSR count). The van der Waals surface area contributed by atoms with Gasteiger partial charge in [0.1, 0.15) is 0 Å². The van der Waals surface area contributed by atoms with E-state index in [0.717, 1.165) is 39.1 Å². The molecule has 0 aliphatic carbocycles. The van der Waals surface area contributed by atoms with Gasteiger partial charge in [-0.1, -0.05) is 20.8 Å². The molecule has 0 aromatic carbocycles. The third kappa shape index (κ3) is 2.86. The molecule has 2 heterocycles. The largest absolute Gasteiger partial charge is 0.481 e. The van der Waals surface area contributed by atoms with Gasteiger partial charge in [-0.25, -0.2) is 0 Å². The van der Waals surface area contributed by atoms with Gasteiger partial charge in [-0.15, -0.1) is 0 Å². The van der Waals surface area contributed by atoms with E-state index in [1.807, 2.05) is 0 Å². The number of carbonyl (C=O) groups is 1. The second kappa shape index (κ2) is 4.82. The third-order valence-electron chi connectivity index (χ3n) is 4.44. The van der Waals surface area contributed by atoms with E-state index in [1.54, 1.807) is 0 Å². The molecule has 4 heteroatoms. The van der Waals surface area contributed by atoms with Crippen molar-refractivity contribution in [2.75, 3.05) is 26.3 Å². The summed E-state index contributed by atoms with van der Waals surface area (Å²) in [5.74, 6) is -0.692. The molecule has 1 spiro atoms. The summed E-state index contributed by atoms with van der Waals surface area (Å²) in [5, 5.41) is 9.07. The van der Waals surface area contributed by atoms with Crippen molar-refractivity contribution in [1.82, 2.24) is 4.90 Å². The molecule has 4 nitrogen and oxygen atoms in total. The average Bonchev–Trinajstić information content (AvgIpc) is 2.22. The third-order valence-corrected chi connectivity index (χ3v) is 4.44. The molecule has 2 fully saturated rings. The van der Waals surface area contributed by atoms with Gasteiger partial charge in [-0.2, -0.15) is 0 Å². The minimum absolute atomic E-state index is 0.0190. The van der Waals surface area contributed by atoms with Crippen molar-refractivity contribution >= 4 is 5.97 Å². The molecule has 1 atom stereocenters. The molecule has 2 aliphatic rings. The van der Waals surface area contributed by atoms with Gasteiger partial charge in [-0.3, -0.25) is 9.69 Å². The summed E-state index contributed by atoms with van der Waals surface area (Å²) >= 11 is 0. The number of aliphatic carboxylic acids is 1. The first-order chi connectivity index (χ1) is 8.32. The van der Waals surface area contributed by atoms with Crippen LogP contribution >= 0.6 is 0 Å². The first-order valence-corrected chi connectivity index (χ1v) is 6.86. The highest BCUT2D eigenvalue weighted by molar-refractivity contribution is 5.67. The van der Waals surface area contributed by atoms with E-state index in [2.05, 4.69) is 25.7 Å². The van der Waals surface area contributed by atoms with Crippen LogP contribution < -0.4 is 0 Å². The van der Waals surface area contributed by atoms with Gasteiger partial charge in [0.2, 0.25) is 0 Å². The highest BCUT2D eigenvalue weighted by Crippen LogP contribution is 2.43. The minimum atomic E-state index is -0.692. The lowest BCUT2D eigenvalue weighted by atomic mass is 9.70. The quantitative estimate of drug-likeness (QED) is 0.838. The SMILES string of the molecule is CC(C)(C)C(CC(=O)O)N1CC2(CCOCC2)C1. The Morgan fingerprint density at radius 2 is 1.89 bits per heavy atom. The second-order valence-corrected chi connectivity index (χ2v) is 7.00. The van der Waals surface area contributed by atoms with E-state index in [0.29, 0.717) is 5.41 Å². The Morgan fingerprint density at radius 1 is 1.33 bits per heavy atom. The standard InChI is InChI=1S/C14H25NO3/c1-13(2,3)11(8-12(16)17)15-9-14(10-15)4-6-18-7-5-14/h11H,4-10H2,1-3H3,(H,16,17). The monoisotopic (exact) mass is 255 g/mol. The number of ether oxygens (including phenoxy) is 1. The fraction of sp³-hybridized carbons (Fsp3) is 0.929. The Bertz CT molecular complexity index is 307. The van der Waals surface area contributed by atoms with Crippen LogP contribution in [0, 0.1) is 10.8 Å². The zero-order chi connectivity index (χ0) is 13.4. The number of rotatable bonds is 3. The predicted molar refractivity (Wildman–Crippen MR) is 69.6 cm³/mol. The van der Waals surface area contributed by atoms with Gasteiger partial charge in [0.05, 0.1) is 6.42 Å². The lowest BCUT2D eigenvalue weighted by Crippen LogP contribution is -2.64. The molecule has 0 bridgehead atoms. The Morgan fingerprint density at radius 3 is 2.33 bits per heavy atom. The maximum absolute atomic E-state index is 11.0. The summed E-state index contributed by atoms with van der Waals surface area (Å²) in [5.41, 5.74) is 0.436. The molecule has 104 valence electrons. The van der Waals surface area contributed by atoms with Crippen molar-refractivity contribution in [2.45, 2.75) is 46.1 Å². The van der Waals surface area contributed by atoms with Crippen molar-refractivity contribution in [2.24, 2.45) is 10.8 Å². The first kappa shape index (κ1) is 13.8. The van der Waals surface area contributed by atoms with Crippen LogP contribution in [0.2, 0.25) is 0 Å². The van der Waals surface area contributed by atoms with E-state index >= 15 is 0 Å². The number of carboxylic acids is 1. The second-order valence-electron chi connectivity index (χ2n) is 7.00. The van der Waals surface area contributed by atoms with Gasteiger partial charge in [0.25, 0.3) is 0 Å². The van der Waals surface area contributed by atoms with Crippen molar-refractivity contribution in [3.63, 3.8) is 0 Å². The molecule has 2 saturated heterocycles. The maximum Gasteiger partial charge on any atom is 0.304 e. The van der Waals surface area contributed by atoms with Gasteiger partial charge in [0.15, 0.2) is 0 Å². The van der Waals surface area contributed by atoms with Crippen molar-refractivity contribution < 1.29 is 14.6 Å². The van der Waals surface area contributed by atoms with Crippen LogP contribution in [0.15, 0.2) is 0 Å². The van der Waals surface area contributed by atoms with Gasteiger partial charge < -0.3 is 9.84 Å². The summed E-state index contributed by atoms with van der Waals surface area (Å²) in [6.45, 7) is 10.2. The summed E-state index contributed by atoms with van der Waals surface area (Å²) in [6, 6.07) is 0.142. The highest BCUT2D eigenvalue weighted by atomic mass is 16.5. The van der Waals surface area contributed by atoms with Crippen LogP contribution in [0.5, 0.6) is 0 Å². The van der Waals surface area contributed by atoms with Crippen LogP contribution in [0.25, 0.3) is 0 Å². The van der Waals surface area contributed by atoms with Gasteiger partial charge in [-0.05, 0) is 18.3 Å². The minimum Gasteiger partial charge on any atom is -0.481 e. The van der Waals surface area contributed by atoms with Gasteiger partial charge in [0, 0.05) is 37.8 Å². The Hall–Kier alpha value is -0.610. The number of nitrogens with zero attached hydrogens (tertiary/aromatic N) is 1. The number of likely N-dealkylation sites (tertiary alicyclic amines) is 1. The van der Waals surface area contributed by atoms with Crippen molar-refractivity contribution in [1.29, 1.82) is 0 Å². The maximum atomic E-state index is 11.0. The number of carboxylic acid groups (broad SMARTS) is 1. The molecule has 0 saturated carbocycles. The molecular formula is C14H25NO3. The fourth-order valence-corrected chi connectivity index (χ4v) is 3.30. The van der Waals surface area contributed by atoms with E-state index < -0.39 is 5.97 Å². The first-order valence-electron chi connectivity index (χ1n) is 6.86. The molecule has 1 N–H and O–H groups in total. The summed E-state index contributed by atoms with van der Waals surface area (Å²) < 4.78 is 5.42. The smallest absolute Gasteiger partial charge is 0.304 e. The van der Waals surface area contributed by atoms with E-state index in [1.165, 1.54) is 0 Å². The van der Waals surface area contributed by atoms with Crippen LogP contribution in [-0.4, -0.2) is 48.3 Å². The molecular weight excluding hydrogens is 230 g/mol. The van der Waals surface area contributed by atoms with Crippen LogP contribution in [0.1, 0.15) is 40.0 Å². The lowest BCUT2D eigenvalue weighted by molar-refractivity contribution is -0.146. The van der Waals surface area contributed by atoms with Crippen molar-refractivity contribution in [3.05, 3.63) is 0 Å². The van der Waals surface area contributed by atoms with E-state index in [-0.39, 0.29) is 17.9 Å². The van der Waals surface area contributed by atoms with Crippen LogP contribution in [0.4, 0.5) is 0 Å². The topological polar surface area (TPSA) is 49.8 Å². The predicted octanol–water partition coefficient (Wildman–Crippen LogP) is 1.99. The molecule has 18 heavy (non-hydrogen) atoms. The Labute approximate surface area is 109 Å². The summed E-state index contributed by atoms with van der Waals surface area (Å²) in [4.78, 5) is 13.4. The van der Waals surface area contributed by atoms with E-state index in [9.17, 15) is 4.79 Å². The van der Waals surface area contributed by atoms with Crippen molar-refractivity contribution in [3.8, 4) is 0 Å². The zero-order valence-electron chi connectivity index (χ0n) is 11.7. The zero-order valence-corrected chi connectivity index (χ0v) is 11.7. The Kier molecular flexibility index (Phi) is 3.70. The lowest BCUT2D eigenvalue weighted by Gasteiger charge is -2.57. The highest BCUT2D eigenvalue weighted by Gasteiger charge is 2.48. The molecule has 0 aromatic heterocycles. The molecule has 2 aliphatic heterocycles. The number of hydrogen-bond donors (Lipinski definition) is 1. The summed E-state index contributed by atoms with van der Waals surface area (Å²) in [6.07, 6.45) is 2.51. The van der Waals surface area contributed by atoms with E-state index in [4.69, 9.17) is 9.84 Å². The summed E-state index contributed by atoms with van der Waals surface area (Å²) in [7, 11) is 0. The normalized spacial score (nSPS) is 25.7. The van der Waals surface area contributed by atoms with Crippen LogP contribution in [0.3, 0.4) is 0 Å². The number of hydrogen-bond acceptors (Lipinski definition) is 3. The Balaban J connectivity index is 1.96.